The highest BCUT2D eigenvalue weighted by Gasteiger charge is 2.54. The molecule has 2 saturated carbocycles. The Morgan fingerprint density at radius 2 is 2.09 bits per heavy atom. The maximum Gasteiger partial charge on any atom is 0.407 e. The molecule has 3 aliphatic rings. The number of nitrogens with one attached hydrogen (secondary N) is 1. The minimum absolute atomic E-state index is 0.0716. The van der Waals surface area contributed by atoms with Crippen LogP contribution < -0.4 is 5.32 Å². The fourth-order valence-corrected chi connectivity index (χ4v) is 6.48. The van der Waals surface area contributed by atoms with E-state index >= 15 is 0 Å². The van der Waals surface area contributed by atoms with E-state index in [9.17, 15) is 9.59 Å². The second-order valence-electron chi connectivity index (χ2n) is 9.98. The lowest BCUT2D eigenvalue weighted by Gasteiger charge is -2.47. The highest BCUT2D eigenvalue weighted by molar-refractivity contribution is 5.75. The number of ether oxygens (including phenoxy) is 2. The number of alkyl carbamates (subject to hydrolysis) is 1. The van der Waals surface area contributed by atoms with Crippen LogP contribution in [0.15, 0.2) is 48.8 Å². The summed E-state index contributed by atoms with van der Waals surface area (Å²) >= 11 is 0. The zero-order valence-corrected chi connectivity index (χ0v) is 20.3. The van der Waals surface area contributed by atoms with E-state index in [4.69, 9.17) is 9.47 Å². The Balaban J connectivity index is 1.34. The van der Waals surface area contributed by atoms with Gasteiger partial charge in [0.25, 0.3) is 0 Å². The van der Waals surface area contributed by atoms with Gasteiger partial charge in [0.05, 0.1) is 23.9 Å². The second-order valence-corrected chi connectivity index (χ2v) is 9.98. The van der Waals surface area contributed by atoms with Gasteiger partial charge in [-0.3, -0.25) is 14.8 Å². The normalized spacial score (nSPS) is 31.9. The predicted octanol–water partition coefficient (Wildman–Crippen LogP) is 4.89. The minimum atomic E-state index is -0.352. The number of cyclic esters (lactones) is 1. The number of esters is 1. The number of nitrogens with zero attached hydrogens (tertiary/aromatic N) is 2. The van der Waals surface area contributed by atoms with Crippen molar-refractivity contribution in [3.63, 3.8) is 0 Å². The monoisotopic (exact) mass is 475 g/mol. The van der Waals surface area contributed by atoms with Crippen LogP contribution in [0.5, 0.6) is 0 Å². The number of hydrogen-bond acceptors (Lipinski definition) is 6. The van der Waals surface area contributed by atoms with Crippen molar-refractivity contribution in [1.29, 1.82) is 0 Å². The summed E-state index contributed by atoms with van der Waals surface area (Å²) in [6.07, 6.45) is 11.2. The fraction of sp³-hybridized carbons (Fsp3) is 0.500. The van der Waals surface area contributed by atoms with Crippen molar-refractivity contribution in [2.24, 2.45) is 29.6 Å². The maximum atomic E-state index is 12.7. The van der Waals surface area contributed by atoms with E-state index in [-0.39, 0.29) is 42.0 Å². The summed E-state index contributed by atoms with van der Waals surface area (Å²) < 4.78 is 10.8. The van der Waals surface area contributed by atoms with E-state index in [2.05, 4.69) is 27.4 Å². The smallest absolute Gasteiger partial charge is 0.407 e. The molecule has 3 heterocycles. The van der Waals surface area contributed by atoms with Crippen LogP contribution in [0.25, 0.3) is 17.3 Å². The van der Waals surface area contributed by atoms with Gasteiger partial charge in [-0.2, -0.15) is 0 Å². The third kappa shape index (κ3) is 4.95. The van der Waals surface area contributed by atoms with Gasteiger partial charge in [-0.15, -0.1) is 0 Å². The molecule has 1 aliphatic heterocycles. The summed E-state index contributed by atoms with van der Waals surface area (Å²) in [5.41, 5.74) is 2.77. The maximum absolute atomic E-state index is 12.7. The van der Waals surface area contributed by atoms with E-state index in [1.54, 1.807) is 6.20 Å². The van der Waals surface area contributed by atoms with Crippen LogP contribution in [0.3, 0.4) is 0 Å². The van der Waals surface area contributed by atoms with Crippen molar-refractivity contribution in [3.8, 4) is 11.3 Å². The number of amides is 1. The van der Waals surface area contributed by atoms with Gasteiger partial charge >= 0.3 is 12.1 Å². The van der Waals surface area contributed by atoms with Gasteiger partial charge in [0, 0.05) is 29.9 Å². The molecule has 1 amide bonds. The van der Waals surface area contributed by atoms with Crippen LogP contribution in [-0.4, -0.2) is 40.8 Å². The van der Waals surface area contributed by atoms with Gasteiger partial charge in [0.15, 0.2) is 0 Å². The van der Waals surface area contributed by atoms with Crippen LogP contribution in [0.2, 0.25) is 0 Å². The molecule has 7 heteroatoms. The molecule has 7 nitrogen and oxygen atoms in total. The molecule has 35 heavy (non-hydrogen) atoms. The van der Waals surface area contributed by atoms with E-state index < -0.39 is 0 Å². The van der Waals surface area contributed by atoms with Crippen molar-refractivity contribution >= 4 is 18.1 Å². The largest absolute Gasteiger partial charge is 0.462 e. The van der Waals surface area contributed by atoms with Gasteiger partial charge in [0.1, 0.15) is 6.10 Å². The van der Waals surface area contributed by atoms with E-state index in [0.29, 0.717) is 18.4 Å². The molecule has 0 radical (unpaired) electrons. The van der Waals surface area contributed by atoms with E-state index in [0.717, 1.165) is 42.6 Å². The molecule has 184 valence electrons. The van der Waals surface area contributed by atoms with E-state index in [1.165, 1.54) is 0 Å². The zero-order valence-electron chi connectivity index (χ0n) is 20.3. The van der Waals surface area contributed by atoms with Gasteiger partial charge in [0.2, 0.25) is 0 Å². The van der Waals surface area contributed by atoms with Crippen molar-refractivity contribution in [3.05, 3.63) is 54.5 Å². The summed E-state index contributed by atoms with van der Waals surface area (Å²) in [7, 11) is 0. The summed E-state index contributed by atoms with van der Waals surface area (Å²) in [6.45, 7) is 4.20. The topological polar surface area (TPSA) is 90.4 Å². The number of carbonyl (C=O) groups is 2. The lowest BCUT2D eigenvalue weighted by atomic mass is 9.57. The second kappa shape index (κ2) is 10.2. The van der Waals surface area contributed by atoms with Gasteiger partial charge < -0.3 is 14.8 Å². The SMILES string of the molecule is CCOC(=O)N[C@@H]1CC[C@H]2C(/C=C/c3ccc(-c4ccccn4)cn3)[C@@H]3[C@@H](C)OC(=O)[C@@H]3C[C@@H]2C1. The molecule has 2 aliphatic carbocycles. The first-order valence-electron chi connectivity index (χ1n) is 12.7. The molecule has 2 aromatic heterocycles. The first-order valence-corrected chi connectivity index (χ1v) is 12.7. The summed E-state index contributed by atoms with van der Waals surface area (Å²) in [5.74, 6) is 1.09. The van der Waals surface area contributed by atoms with Crippen molar-refractivity contribution in [2.75, 3.05) is 6.61 Å². The van der Waals surface area contributed by atoms with E-state index in [1.807, 2.05) is 50.4 Å². The summed E-state index contributed by atoms with van der Waals surface area (Å²) in [5, 5.41) is 3.01. The first kappa shape index (κ1) is 23.5. The Bertz CT molecular complexity index is 1070. The molecule has 0 spiro atoms. The Morgan fingerprint density at radius 1 is 1.20 bits per heavy atom. The molecular weight excluding hydrogens is 442 g/mol. The lowest BCUT2D eigenvalue weighted by Crippen LogP contribution is -2.48. The summed E-state index contributed by atoms with van der Waals surface area (Å²) in [6, 6.07) is 9.98. The number of aromatic nitrogens is 2. The van der Waals surface area contributed by atoms with Crippen LogP contribution in [-0.2, 0) is 14.3 Å². The van der Waals surface area contributed by atoms with Crippen molar-refractivity contribution in [2.45, 2.75) is 51.7 Å². The van der Waals surface area contributed by atoms with Crippen LogP contribution in [0.1, 0.15) is 45.2 Å². The molecule has 2 aromatic rings. The molecular formula is C28H33N3O4. The zero-order chi connectivity index (χ0) is 24.4. The van der Waals surface area contributed by atoms with Crippen molar-refractivity contribution in [1.82, 2.24) is 15.3 Å². The molecule has 0 aromatic carbocycles. The Kier molecular flexibility index (Phi) is 6.84. The third-order valence-electron chi connectivity index (χ3n) is 7.98. The Morgan fingerprint density at radius 3 is 2.83 bits per heavy atom. The number of pyridine rings is 2. The number of hydrogen-bond donors (Lipinski definition) is 1. The van der Waals surface area contributed by atoms with Crippen LogP contribution in [0, 0.1) is 29.6 Å². The molecule has 5 rings (SSSR count). The molecule has 7 atom stereocenters. The highest BCUT2D eigenvalue weighted by atomic mass is 16.6. The molecule has 3 fully saturated rings. The fourth-order valence-electron chi connectivity index (χ4n) is 6.48. The molecule has 1 N–H and O–H groups in total. The Labute approximate surface area is 206 Å². The number of fused-ring (bicyclic) bond motifs is 2. The van der Waals surface area contributed by atoms with Gasteiger partial charge in [-0.25, -0.2) is 4.79 Å². The molecule has 1 saturated heterocycles. The van der Waals surface area contributed by atoms with Crippen molar-refractivity contribution < 1.29 is 19.1 Å². The number of carbonyl (C=O) groups excluding carboxylic acids is 2. The number of rotatable bonds is 5. The number of allylic oxidation sites excluding steroid dienone is 1. The van der Waals surface area contributed by atoms with Gasteiger partial charge in [-0.1, -0.05) is 12.1 Å². The quantitative estimate of drug-likeness (QED) is 0.620. The Hall–Kier alpha value is -3.22. The predicted molar refractivity (Wildman–Crippen MR) is 132 cm³/mol. The van der Waals surface area contributed by atoms with Crippen LogP contribution >= 0.6 is 0 Å². The van der Waals surface area contributed by atoms with Crippen LogP contribution in [0.4, 0.5) is 4.79 Å². The average Bonchev–Trinajstić information content (AvgIpc) is 3.15. The first-order chi connectivity index (χ1) is 17.0. The average molecular weight is 476 g/mol. The molecule has 1 unspecified atom stereocenters. The standard InChI is InChI=1S/C28H33N3O4/c1-3-34-28(33)31-21-10-11-22-19(14-21)15-24-26(17(2)35-27(24)32)23(22)12-9-20-8-7-18(16-30-20)25-6-4-5-13-29-25/h4-9,12-13,16-17,19,21-24,26H,3,10-11,14-15H2,1-2H3,(H,31,33)/b12-9+/t17-,19+,21-,22-,23?,24-,26+/m1/s1. The van der Waals surface area contributed by atoms with Gasteiger partial charge in [-0.05, 0) is 87.6 Å². The lowest BCUT2D eigenvalue weighted by molar-refractivity contribution is -0.144. The third-order valence-corrected chi connectivity index (χ3v) is 7.98. The summed E-state index contributed by atoms with van der Waals surface area (Å²) in [4.78, 5) is 33.7. The highest BCUT2D eigenvalue weighted by Crippen LogP contribution is 2.53. The minimum Gasteiger partial charge on any atom is -0.462 e. The molecule has 0 bridgehead atoms.